The maximum Gasteiger partial charge on any atom is 0.321 e. The average Bonchev–Trinajstić information content (AvgIpc) is 2.93. The number of carboxylic acid groups (broad SMARTS) is 1. The van der Waals surface area contributed by atoms with Gasteiger partial charge in [0.1, 0.15) is 18.1 Å². The fourth-order valence-corrected chi connectivity index (χ4v) is 2.57. The molecular weight excluding hydrogens is 290 g/mol. The van der Waals surface area contributed by atoms with Crippen LogP contribution in [0.3, 0.4) is 0 Å². The highest BCUT2D eigenvalue weighted by atomic mass is 16.5. The minimum absolute atomic E-state index is 0.119. The molecule has 1 aliphatic rings. The minimum Gasteiger partial charge on any atom is -0.490 e. The Balaban J connectivity index is 1.85. The quantitative estimate of drug-likeness (QED) is 0.840. The summed E-state index contributed by atoms with van der Waals surface area (Å²) in [7, 11) is 1.39. The number of H-pyrrole nitrogens is 1. The summed E-state index contributed by atoms with van der Waals surface area (Å²) in [5.74, 6) is -0.419. The van der Waals surface area contributed by atoms with E-state index < -0.39 is 12.0 Å². The van der Waals surface area contributed by atoms with E-state index >= 15 is 0 Å². The van der Waals surface area contributed by atoms with Gasteiger partial charge in [0.05, 0.1) is 31.4 Å². The number of imidazole rings is 1. The number of ether oxygens (including phenoxy) is 1. The van der Waals surface area contributed by atoms with Crippen LogP contribution in [0.2, 0.25) is 0 Å². The van der Waals surface area contributed by atoms with Crippen molar-refractivity contribution in [3.8, 4) is 5.75 Å². The second-order valence-electron chi connectivity index (χ2n) is 5.07. The SMILES string of the molecule is COc1coc(CN2Cc3[nH]cnc3C[C@@H]2C(=O)O)cc1=O. The summed E-state index contributed by atoms with van der Waals surface area (Å²) in [6.07, 6.45) is 3.11. The molecular formula is C14H15N3O5. The number of rotatable bonds is 4. The molecule has 8 nitrogen and oxygen atoms in total. The van der Waals surface area contributed by atoms with Crippen LogP contribution < -0.4 is 10.2 Å². The highest BCUT2D eigenvalue weighted by Crippen LogP contribution is 2.22. The Kier molecular flexibility index (Phi) is 3.68. The first kappa shape index (κ1) is 14.3. The van der Waals surface area contributed by atoms with Crippen LogP contribution in [0.1, 0.15) is 17.1 Å². The van der Waals surface area contributed by atoms with Gasteiger partial charge in [0, 0.05) is 19.0 Å². The predicted molar refractivity (Wildman–Crippen MR) is 74.5 cm³/mol. The van der Waals surface area contributed by atoms with E-state index in [0.717, 1.165) is 11.4 Å². The third kappa shape index (κ3) is 2.60. The summed E-state index contributed by atoms with van der Waals surface area (Å²) in [6.45, 7) is 0.622. The van der Waals surface area contributed by atoms with Crippen molar-refractivity contribution < 1.29 is 19.1 Å². The summed E-state index contributed by atoms with van der Waals surface area (Å²) in [5, 5.41) is 9.39. The molecule has 1 aliphatic heterocycles. The molecule has 22 heavy (non-hydrogen) atoms. The topological polar surface area (TPSA) is 109 Å². The Bertz CT molecular complexity index is 751. The van der Waals surface area contributed by atoms with Gasteiger partial charge in [-0.05, 0) is 0 Å². The van der Waals surface area contributed by atoms with Gasteiger partial charge in [0.15, 0.2) is 0 Å². The molecule has 2 aromatic heterocycles. The number of fused-ring (bicyclic) bond motifs is 1. The monoisotopic (exact) mass is 305 g/mol. The van der Waals surface area contributed by atoms with Crippen molar-refractivity contribution in [1.82, 2.24) is 14.9 Å². The van der Waals surface area contributed by atoms with Crippen LogP contribution in [-0.4, -0.2) is 39.1 Å². The van der Waals surface area contributed by atoms with Crippen LogP contribution in [0.15, 0.2) is 27.9 Å². The molecule has 2 N–H and O–H groups in total. The van der Waals surface area contributed by atoms with Crippen LogP contribution >= 0.6 is 0 Å². The van der Waals surface area contributed by atoms with Crippen molar-refractivity contribution in [1.29, 1.82) is 0 Å². The zero-order valence-corrected chi connectivity index (χ0v) is 11.9. The Morgan fingerprint density at radius 2 is 2.45 bits per heavy atom. The lowest BCUT2D eigenvalue weighted by Crippen LogP contribution is -2.45. The first-order chi connectivity index (χ1) is 10.6. The zero-order chi connectivity index (χ0) is 15.7. The smallest absolute Gasteiger partial charge is 0.321 e. The van der Waals surface area contributed by atoms with Crippen LogP contribution in [0, 0.1) is 0 Å². The van der Waals surface area contributed by atoms with Crippen LogP contribution in [0.5, 0.6) is 5.75 Å². The first-order valence-electron chi connectivity index (χ1n) is 6.72. The number of aromatic nitrogens is 2. The Hall–Kier alpha value is -2.61. The first-order valence-corrected chi connectivity index (χ1v) is 6.72. The van der Waals surface area contributed by atoms with Gasteiger partial charge in [-0.2, -0.15) is 0 Å². The van der Waals surface area contributed by atoms with Crippen LogP contribution in [0.25, 0.3) is 0 Å². The molecule has 0 saturated carbocycles. The highest BCUT2D eigenvalue weighted by Gasteiger charge is 2.33. The number of carboxylic acids is 1. The minimum atomic E-state index is -0.926. The molecule has 0 fully saturated rings. The van der Waals surface area contributed by atoms with Gasteiger partial charge >= 0.3 is 5.97 Å². The van der Waals surface area contributed by atoms with Crippen molar-refractivity contribution in [2.45, 2.75) is 25.6 Å². The Labute approximate surface area is 125 Å². The van der Waals surface area contributed by atoms with Crippen LogP contribution in [0.4, 0.5) is 0 Å². The molecule has 0 radical (unpaired) electrons. The van der Waals surface area contributed by atoms with E-state index in [9.17, 15) is 14.7 Å². The van der Waals surface area contributed by atoms with Gasteiger partial charge in [0.25, 0.3) is 0 Å². The van der Waals surface area contributed by atoms with Crippen LogP contribution in [-0.2, 0) is 24.3 Å². The Morgan fingerprint density at radius 1 is 1.64 bits per heavy atom. The molecule has 8 heteroatoms. The van der Waals surface area contributed by atoms with E-state index in [-0.39, 0.29) is 17.7 Å². The molecule has 0 spiro atoms. The van der Waals surface area contributed by atoms with Crippen molar-refractivity contribution >= 4 is 5.97 Å². The van der Waals surface area contributed by atoms with Gasteiger partial charge in [-0.1, -0.05) is 0 Å². The Morgan fingerprint density at radius 3 is 3.14 bits per heavy atom. The summed E-state index contributed by atoms with van der Waals surface area (Å²) in [5.41, 5.74) is 1.35. The zero-order valence-electron chi connectivity index (χ0n) is 11.9. The van der Waals surface area contributed by atoms with E-state index in [1.54, 1.807) is 11.2 Å². The normalized spacial score (nSPS) is 18.0. The molecule has 2 aromatic rings. The second kappa shape index (κ2) is 5.64. The predicted octanol–water partition coefficient (Wildman–Crippen LogP) is 0.383. The summed E-state index contributed by atoms with van der Waals surface area (Å²) < 4.78 is 10.2. The maximum absolute atomic E-state index is 11.7. The molecule has 3 heterocycles. The van der Waals surface area contributed by atoms with Gasteiger partial charge in [0.2, 0.25) is 11.2 Å². The largest absolute Gasteiger partial charge is 0.490 e. The molecule has 3 rings (SSSR count). The summed E-state index contributed by atoms with van der Waals surface area (Å²) >= 11 is 0. The van der Waals surface area contributed by atoms with E-state index in [2.05, 4.69) is 9.97 Å². The number of carbonyl (C=O) groups is 1. The molecule has 0 bridgehead atoms. The fourth-order valence-electron chi connectivity index (χ4n) is 2.57. The summed E-state index contributed by atoms with van der Waals surface area (Å²) in [6, 6.07) is 0.614. The van der Waals surface area contributed by atoms with Gasteiger partial charge in [-0.15, -0.1) is 0 Å². The number of nitrogens with zero attached hydrogens (tertiary/aromatic N) is 2. The molecule has 116 valence electrons. The van der Waals surface area contributed by atoms with Gasteiger partial charge < -0.3 is 19.2 Å². The molecule has 1 atom stereocenters. The lowest BCUT2D eigenvalue weighted by molar-refractivity contribution is -0.144. The van der Waals surface area contributed by atoms with E-state index in [1.807, 2.05) is 0 Å². The van der Waals surface area contributed by atoms with Crippen molar-refractivity contribution in [2.75, 3.05) is 7.11 Å². The maximum atomic E-state index is 11.7. The molecule has 0 saturated heterocycles. The number of aromatic amines is 1. The van der Waals surface area contributed by atoms with E-state index in [4.69, 9.17) is 9.15 Å². The standard InChI is InChI=1S/C14H15N3O5/c1-21-13-6-22-8(2-12(13)18)4-17-5-10-9(15-7-16-10)3-11(17)14(19)20/h2,6-7,11H,3-5H2,1H3,(H,15,16)(H,19,20)/t11-/m1/s1. The molecule has 0 aromatic carbocycles. The number of nitrogens with one attached hydrogen (secondary N) is 1. The lowest BCUT2D eigenvalue weighted by atomic mass is 10.0. The van der Waals surface area contributed by atoms with Gasteiger partial charge in [-0.25, -0.2) is 4.98 Å². The lowest BCUT2D eigenvalue weighted by Gasteiger charge is -2.31. The van der Waals surface area contributed by atoms with E-state index in [1.165, 1.54) is 19.4 Å². The van der Waals surface area contributed by atoms with Gasteiger partial charge in [-0.3, -0.25) is 14.5 Å². The highest BCUT2D eigenvalue weighted by molar-refractivity contribution is 5.74. The number of hydrogen-bond donors (Lipinski definition) is 2. The second-order valence-corrected chi connectivity index (χ2v) is 5.07. The number of hydrogen-bond acceptors (Lipinski definition) is 6. The number of methoxy groups -OCH3 is 1. The third-order valence-corrected chi connectivity index (χ3v) is 3.71. The average molecular weight is 305 g/mol. The summed E-state index contributed by atoms with van der Waals surface area (Å²) in [4.78, 5) is 32.1. The molecule has 0 amide bonds. The van der Waals surface area contributed by atoms with Crippen molar-refractivity contribution in [3.63, 3.8) is 0 Å². The van der Waals surface area contributed by atoms with E-state index in [0.29, 0.717) is 18.7 Å². The van der Waals surface area contributed by atoms with Crippen molar-refractivity contribution in [2.24, 2.45) is 0 Å². The fraction of sp³-hybridized carbons (Fsp3) is 0.357. The van der Waals surface area contributed by atoms with Crippen molar-refractivity contribution in [3.05, 3.63) is 46.0 Å². The molecule has 0 aliphatic carbocycles. The third-order valence-electron chi connectivity index (χ3n) is 3.71. The number of aliphatic carboxylic acids is 1. The molecule has 0 unspecified atom stereocenters.